The molecule has 1 aromatic rings. The van der Waals surface area contributed by atoms with Gasteiger partial charge >= 0.3 is 12.3 Å². The second-order valence-corrected chi connectivity index (χ2v) is 2.82. The van der Waals surface area contributed by atoms with E-state index in [0.717, 1.165) is 11.3 Å². The zero-order valence-electron chi connectivity index (χ0n) is 6.09. The van der Waals surface area contributed by atoms with Crippen LogP contribution in [0.15, 0.2) is 12.1 Å². The Morgan fingerprint density at radius 1 is 1.08 bits per heavy atom. The summed E-state index contributed by atoms with van der Waals surface area (Å²) in [6.45, 7) is 0. The van der Waals surface area contributed by atoms with Crippen molar-refractivity contribution in [2.45, 2.75) is 0 Å². The maximum Gasteiger partial charge on any atom is 0.512 e. The zero-order chi connectivity index (χ0) is 9.84. The van der Waals surface area contributed by atoms with Gasteiger partial charge in [0.2, 0.25) is 0 Å². The van der Waals surface area contributed by atoms with Crippen molar-refractivity contribution in [1.82, 2.24) is 0 Å². The average molecular weight is 204 g/mol. The predicted molar refractivity (Wildman–Crippen MR) is 41.6 cm³/mol. The molecule has 1 aromatic heterocycles. The van der Waals surface area contributed by atoms with E-state index in [9.17, 15) is 9.59 Å². The minimum Gasteiger partial charge on any atom is -0.449 e. The molecule has 0 unspecified atom stereocenters. The fraction of sp³-hybridized carbons (Fsp3) is 0. The van der Waals surface area contributed by atoms with Gasteiger partial charge < -0.3 is 19.7 Å². The summed E-state index contributed by atoms with van der Waals surface area (Å²) >= 11 is 0.783. The maximum absolute atomic E-state index is 10.0. The van der Waals surface area contributed by atoms with E-state index in [2.05, 4.69) is 9.47 Å². The molecule has 0 amide bonds. The smallest absolute Gasteiger partial charge is 0.449 e. The van der Waals surface area contributed by atoms with Crippen LogP contribution in [0.25, 0.3) is 0 Å². The molecule has 0 aliphatic carbocycles. The molecule has 0 atom stereocenters. The van der Waals surface area contributed by atoms with Gasteiger partial charge in [-0.15, -0.1) is 0 Å². The van der Waals surface area contributed by atoms with E-state index in [1.807, 2.05) is 0 Å². The molecule has 1 heterocycles. The molecule has 70 valence electrons. The predicted octanol–water partition coefficient (Wildman–Crippen LogP) is 1.86. The standard InChI is InChI=1S/C6H4O6S/c7-5(8)11-3-1-2-4(13-3)12-6(9)10/h1-2H,(H,7,8)(H,9,10). The second kappa shape index (κ2) is 3.76. The highest BCUT2D eigenvalue weighted by Gasteiger charge is 2.08. The first-order chi connectivity index (χ1) is 6.08. The molecule has 13 heavy (non-hydrogen) atoms. The fourth-order valence-electron chi connectivity index (χ4n) is 0.585. The van der Waals surface area contributed by atoms with E-state index in [4.69, 9.17) is 10.2 Å². The fourth-order valence-corrected chi connectivity index (χ4v) is 1.28. The lowest BCUT2D eigenvalue weighted by atomic mass is 10.6. The van der Waals surface area contributed by atoms with E-state index in [1.54, 1.807) is 0 Å². The van der Waals surface area contributed by atoms with Crippen LogP contribution in [0.5, 0.6) is 10.1 Å². The van der Waals surface area contributed by atoms with E-state index in [-0.39, 0.29) is 10.1 Å². The van der Waals surface area contributed by atoms with Gasteiger partial charge in [0, 0.05) is 0 Å². The van der Waals surface area contributed by atoms with Crippen molar-refractivity contribution >= 4 is 23.6 Å². The molecule has 0 aromatic carbocycles. The second-order valence-electron chi connectivity index (χ2n) is 1.81. The Balaban J connectivity index is 2.63. The van der Waals surface area contributed by atoms with Crippen molar-refractivity contribution in [2.75, 3.05) is 0 Å². The Bertz CT molecular complexity index is 299. The molecule has 1 rings (SSSR count). The molecule has 6 nitrogen and oxygen atoms in total. The minimum absolute atomic E-state index is 0.0590. The quantitative estimate of drug-likeness (QED) is 0.714. The molecule has 2 N–H and O–H groups in total. The van der Waals surface area contributed by atoms with Crippen molar-refractivity contribution in [1.29, 1.82) is 0 Å². The van der Waals surface area contributed by atoms with E-state index in [0.29, 0.717) is 0 Å². The van der Waals surface area contributed by atoms with Crippen molar-refractivity contribution in [2.24, 2.45) is 0 Å². The monoisotopic (exact) mass is 204 g/mol. The van der Waals surface area contributed by atoms with E-state index < -0.39 is 12.3 Å². The number of thiophene rings is 1. The normalized spacial score (nSPS) is 9.23. The van der Waals surface area contributed by atoms with Crippen molar-refractivity contribution in [3.63, 3.8) is 0 Å². The van der Waals surface area contributed by atoms with Gasteiger partial charge in [-0.3, -0.25) is 0 Å². The van der Waals surface area contributed by atoms with E-state index >= 15 is 0 Å². The first kappa shape index (κ1) is 9.33. The van der Waals surface area contributed by atoms with Crippen LogP contribution in [0.3, 0.4) is 0 Å². The van der Waals surface area contributed by atoms with Gasteiger partial charge in [0.05, 0.1) is 0 Å². The molecule has 0 saturated heterocycles. The number of ether oxygens (including phenoxy) is 2. The molecular formula is C6H4O6S. The van der Waals surface area contributed by atoms with Crippen LogP contribution >= 0.6 is 11.3 Å². The minimum atomic E-state index is -1.45. The topological polar surface area (TPSA) is 93.1 Å². The van der Waals surface area contributed by atoms with Crippen molar-refractivity contribution in [3.8, 4) is 10.1 Å². The van der Waals surface area contributed by atoms with Crippen LogP contribution in [0.1, 0.15) is 0 Å². The Morgan fingerprint density at radius 2 is 1.46 bits per heavy atom. The SMILES string of the molecule is O=C(O)Oc1ccc(OC(=O)O)s1. The number of carboxylic acid groups (broad SMARTS) is 2. The molecular weight excluding hydrogens is 200 g/mol. The largest absolute Gasteiger partial charge is 0.512 e. The Kier molecular flexibility index (Phi) is 2.70. The molecule has 7 heteroatoms. The van der Waals surface area contributed by atoms with Gasteiger partial charge in [-0.2, -0.15) is 0 Å². The summed E-state index contributed by atoms with van der Waals surface area (Å²) < 4.78 is 8.48. The maximum atomic E-state index is 10.0. The molecule has 0 radical (unpaired) electrons. The third kappa shape index (κ3) is 2.99. The Hall–Kier alpha value is -1.76. The van der Waals surface area contributed by atoms with Gasteiger partial charge in [0.15, 0.2) is 10.1 Å². The molecule has 0 aliphatic heterocycles. The number of hydrogen-bond acceptors (Lipinski definition) is 5. The third-order valence-corrected chi connectivity index (χ3v) is 1.77. The first-order valence-corrected chi connectivity index (χ1v) is 3.81. The van der Waals surface area contributed by atoms with Crippen LogP contribution in [-0.4, -0.2) is 22.5 Å². The van der Waals surface area contributed by atoms with Gasteiger partial charge in [0.25, 0.3) is 0 Å². The van der Waals surface area contributed by atoms with Crippen molar-refractivity contribution < 1.29 is 29.3 Å². The van der Waals surface area contributed by atoms with Gasteiger partial charge in [-0.25, -0.2) is 9.59 Å². The molecule has 0 bridgehead atoms. The van der Waals surface area contributed by atoms with Crippen LogP contribution in [0.4, 0.5) is 9.59 Å². The summed E-state index contributed by atoms with van der Waals surface area (Å²) in [7, 11) is 0. The molecule has 0 fully saturated rings. The van der Waals surface area contributed by atoms with Crippen LogP contribution in [0, 0.1) is 0 Å². The number of rotatable bonds is 2. The highest BCUT2D eigenvalue weighted by molar-refractivity contribution is 7.15. The van der Waals surface area contributed by atoms with Crippen molar-refractivity contribution in [3.05, 3.63) is 12.1 Å². The highest BCUT2D eigenvalue weighted by atomic mass is 32.1. The van der Waals surface area contributed by atoms with Gasteiger partial charge in [-0.05, 0) is 12.1 Å². The molecule has 0 spiro atoms. The lowest BCUT2D eigenvalue weighted by Crippen LogP contribution is -2.01. The molecule has 0 aliphatic rings. The summed E-state index contributed by atoms with van der Waals surface area (Å²) in [6, 6.07) is 2.61. The molecule has 0 saturated carbocycles. The number of carbonyl (C=O) groups is 2. The summed E-state index contributed by atoms with van der Waals surface area (Å²) in [5.41, 5.74) is 0. The van der Waals surface area contributed by atoms with Crippen LogP contribution in [-0.2, 0) is 0 Å². The first-order valence-electron chi connectivity index (χ1n) is 2.99. The Morgan fingerprint density at radius 3 is 1.77 bits per heavy atom. The summed E-state index contributed by atoms with van der Waals surface area (Å²) in [6.07, 6.45) is -2.91. The zero-order valence-corrected chi connectivity index (χ0v) is 6.91. The van der Waals surface area contributed by atoms with Gasteiger partial charge in [0.1, 0.15) is 0 Å². The number of hydrogen-bond donors (Lipinski definition) is 2. The van der Waals surface area contributed by atoms with E-state index in [1.165, 1.54) is 12.1 Å². The summed E-state index contributed by atoms with van der Waals surface area (Å²) in [5, 5.41) is 16.5. The Labute approximate surface area is 75.9 Å². The third-order valence-electron chi connectivity index (χ3n) is 0.932. The highest BCUT2D eigenvalue weighted by Crippen LogP contribution is 2.30. The van der Waals surface area contributed by atoms with Crippen LogP contribution < -0.4 is 9.47 Å². The van der Waals surface area contributed by atoms with Gasteiger partial charge in [-0.1, -0.05) is 11.3 Å². The lowest BCUT2D eigenvalue weighted by molar-refractivity contribution is 0.145. The summed E-state index contributed by atoms with van der Waals surface area (Å²) in [4.78, 5) is 20.1. The van der Waals surface area contributed by atoms with Crippen LogP contribution in [0.2, 0.25) is 0 Å². The summed E-state index contributed by atoms with van der Waals surface area (Å²) in [5.74, 6) is 0. The average Bonchev–Trinajstić information content (AvgIpc) is 2.33. The lowest BCUT2D eigenvalue weighted by Gasteiger charge is -1.92.